The van der Waals surface area contributed by atoms with Crippen molar-refractivity contribution < 1.29 is 4.79 Å². The average molecular weight is 379 g/mol. The predicted octanol–water partition coefficient (Wildman–Crippen LogP) is 3.14. The van der Waals surface area contributed by atoms with E-state index in [1.807, 2.05) is 44.3 Å². The second-order valence-electron chi connectivity index (χ2n) is 7.18. The number of hydrogen-bond acceptors (Lipinski definition) is 4. The fourth-order valence-electron chi connectivity index (χ4n) is 3.47. The highest BCUT2D eigenvalue weighted by atomic mass is 16.2. The smallest absolute Gasteiger partial charge is 0.321 e. The number of carbonyl (C=O) groups is 1. The lowest BCUT2D eigenvalue weighted by Crippen LogP contribution is -2.35. The van der Waals surface area contributed by atoms with E-state index in [1.54, 1.807) is 9.36 Å². The molecule has 0 bridgehead atoms. The van der Waals surface area contributed by atoms with Gasteiger partial charge in [-0.25, -0.2) is 14.5 Å². The summed E-state index contributed by atoms with van der Waals surface area (Å²) in [5.41, 5.74) is 2.85. The Morgan fingerprint density at radius 3 is 2.64 bits per heavy atom. The topological polar surface area (TPSA) is 89.7 Å². The van der Waals surface area contributed by atoms with Gasteiger partial charge in [-0.2, -0.15) is 10.2 Å². The molecule has 1 saturated carbocycles. The number of anilines is 1. The minimum absolute atomic E-state index is 0.147. The van der Waals surface area contributed by atoms with Crippen LogP contribution in [0.5, 0.6) is 0 Å². The molecule has 0 aliphatic heterocycles. The minimum Gasteiger partial charge on any atom is -0.328 e. The summed E-state index contributed by atoms with van der Waals surface area (Å²) in [6.45, 7) is 4.05. The zero-order chi connectivity index (χ0) is 19.7. The van der Waals surface area contributed by atoms with Crippen molar-refractivity contribution in [2.45, 2.75) is 39.2 Å². The number of amides is 2. The Morgan fingerprint density at radius 2 is 2.04 bits per heavy atom. The summed E-state index contributed by atoms with van der Waals surface area (Å²) >= 11 is 0. The molecular formula is C20H25N7O. The first-order valence-electron chi connectivity index (χ1n) is 9.63. The van der Waals surface area contributed by atoms with Crippen molar-refractivity contribution in [1.29, 1.82) is 0 Å². The van der Waals surface area contributed by atoms with Gasteiger partial charge in [0.25, 0.3) is 0 Å². The summed E-state index contributed by atoms with van der Waals surface area (Å²) in [6.07, 6.45) is 4.48. The Morgan fingerprint density at radius 1 is 1.29 bits per heavy atom. The molecule has 3 aromatic rings. The Kier molecular flexibility index (Phi) is 4.85. The molecule has 2 amide bonds. The maximum atomic E-state index is 12.9. The van der Waals surface area contributed by atoms with E-state index < -0.39 is 0 Å². The van der Waals surface area contributed by atoms with Crippen LogP contribution in [0, 0.1) is 12.8 Å². The standard InChI is InChI=1S/C20H25N7O/c1-4-16-13(2)18(27(25-16)15-8-6-5-7-9-15)24-20(28)23-17(14-10-11-14)19-21-12-22-26(19)3/h5-9,12,14,17H,4,10-11H2,1-3H3,(H2,23,24,28). The molecule has 0 spiro atoms. The van der Waals surface area contributed by atoms with Gasteiger partial charge in [-0.15, -0.1) is 0 Å². The fourth-order valence-corrected chi connectivity index (χ4v) is 3.47. The number of aryl methyl sites for hydroxylation is 2. The van der Waals surface area contributed by atoms with Gasteiger partial charge in [0, 0.05) is 12.6 Å². The first-order valence-corrected chi connectivity index (χ1v) is 9.63. The lowest BCUT2D eigenvalue weighted by atomic mass is 10.1. The first kappa shape index (κ1) is 18.2. The highest BCUT2D eigenvalue weighted by molar-refractivity contribution is 5.90. The predicted molar refractivity (Wildman–Crippen MR) is 106 cm³/mol. The number of nitrogens with one attached hydrogen (secondary N) is 2. The number of aromatic nitrogens is 5. The maximum absolute atomic E-state index is 12.9. The van der Waals surface area contributed by atoms with Gasteiger partial charge in [-0.1, -0.05) is 25.1 Å². The van der Waals surface area contributed by atoms with Crippen molar-refractivity contribution in [3.63, 3.8) is 0 Å². The van der Waals surface area contributed by atoms with Crippen LogP contribution in [0.1, 0.15) is 42.9 Å². The number of nitrogens with zero attached hydrogens (tertiary/aromatic N) is 5. The lowest BCUT2D eigenvalue weighted by Gasteiger charge is -2.18. The molecule has 28 heavy (non-hydrogen) atoms. The molecule has 146 valence electrons. The van der Waals surface area contributed by atoms with Crippen molar-refractivity contribution >= 4 is 11.8 Å². The second-order valence-corrected chi connectivity index (χ2v) is 7.18. The van der Waals surface area contributed by atoms with Crippen molar-refractivity contribution in [3.05, 3.63) is 53.7 Å². The summed E-state index contributed by atoms with van der Waals surface area (Å²) in [5.74, 6) is 1.87. The minimum atomic E-state index is -0.261. The van der Waals surface area contributed by atoms with E-state index >= 15 is 0 Å². The van der Waals surface area contributed by atoms with Crippen LogP contribution in [0.4, 0.5) is 10.6 Å². The molecule has 2 heterocycles. The summed E-state index contributed by atoms with van der Waals surface area (Å²) in [5, 5.41) is 14.9. The molecule has 1 aliphatic rings. The third-order valence-electron chi connectivity index (χ3n) is 5.19. The molecule has 1 unspecified atom stereocenters. The van der Waals surface area contributed by atoms with E-state index in [1.165, 1.54) is 6.33 Å². The number of urea groups is 1. The summed E-state index contributed by atoms with van der Waals surface area (Å²) in [4.78, 5) is 17.2. The monoisotopic (exact) mass is 379 g/mol. The van der Waals surface area contributed by atoms with Gasteiger partial charge in [0.15, 0.2) is 0 Å². The molecule has 4 rings (SSSR count). The largest absolute Gasteiger partial charge is 0.328 e. The van der Waals surface area contributed by atoms with E-state index in [9.17, 15) is 4.79 Å². The SMILES string of the molecule is CCc1nn(-c2ccccc2)c(NC(=O)NC(c2ncnn2C)C2CC2)c1C. The van der Waals surface area contributed by atoms with Gasteiger partial charge >= 0.3 is 6.03 Å². The van der Waals surface area contributed by atoms with Gasteiger partial charge in [-0.3, -0.25) is 10.00 Å². The third-order valence-corrected chi connectivity index (χ3v) is 5.19. The van der Waals surface area contributed by atoms with Crippen molar-refractivity contribution in [2.24, 2.45) is 13.0 Å². The van der Waals surface area contributed by atoms with E-state index in [4.69, 9.17) is 0 Å². The number of para-hydroxylation sites is 1. The molecule has 1 fully saturated rings. The van der Waals surface area contributed by atoms with E-state index in [-0.39, 0.29) is 12.1 Å². The van der Waals surface area contributed by atoms with E-state index in [2.05, 4.69) is 32.7 Å². The van der Waals surface area contributed by atoms with Crippen molar-refractivity contribution in [3.8, 4) is 5.69 Å². The number of benzene rings is 1. The Bertz CT molecular complexity index is 972. The fraction of sp³-hybridized carbons (Fsp3) is 0.400. The van der Waals surface area contributed by atoms with Crippen LogP contribution in [-0.4, -0.2) is 30.6 Å². The summed E-state index contributed by atoms with van der Waals surface area (Å²) in [6, 6.07) is 9.41. The third kappa shape index (κ3) is 3.49. The Hall–Kier alpha value is -3.16. The van der Waals surface area contributed by atoms with Crippen LogP contribution in [0.15, 0.2) is 36.7 Å². The van der Waals surface area contributed by atoms with Gasteiger partial charge in [-0.05, 0) is 44.2 Å². The second kappa shape index (κ2) is 7.46. The van der Waals surface area contributed by atoms with Gasteiger partial charge in [0.05, 0.1) is 17.4 Å². The van der Waals surface area contributed by atoms with Crippen LogP contribution in [0.2, 0.25) is 0 Å². The average Bonchev–Trinajstić information content (AvgIpc) is 3.39. The highest BCUT2D eigenvalue weighted by Crippen LogP contribution is 2.40. The first-order chi connectivity index (χ1) is 13.6. The lowest BCUT2D eigenvalue weighted by molar-refractivity contribution is 0.246. The molecule has 8 nitrogen and oxygen atoms in total. The van der Waals surface area contributed by atoms with Crippen LogP contribution in [0.3, 0.4) is 0 Å². The molecule has 1 aromatic carbocycles. The summed E-state index contributed by atoms with van der Waals surface area (Å²) in [7, 11) is 1.85. The van der Waals surface area contributed by atoms with E-state index in [0.717, 1.165) is 42.0 Å². The van der Waals surface area contributed by atoms with Crippen molar-refractivity contribution in [2.75, 3.05) is 5.32 Å². The normalized spacial score (nSPS) is 14.7. The van der Waals surface area contributed by atoms with Gasteiger partial charge in [0.2, 0.25) is 0 Å². The molecule has 1 atom stereocenters. The molecule has 0 radical (unpaired) electrons. The number of rotatable bonds is 6. The summed E-state index contributed by atoms with van der Waals surface area (Å²) < 4.78 is 3.51. The van der Waals surface area contributed by atoms with E-state index in [0.29, 0.717) is 11.7 Å². The zero-order valence-corrected chi connectivity index (χ0v) is 16.4. The molecule has 2 N–H and O–H groups in total. The molecule has 8 heteroatoms. The van der Waals surface area contributed by atoms with Crippen LogP contribution < -0.4 is 10.6 Å². The van der Waals surface area contributed by atoms with Crippen LogP contribution in [0.25, 0.3) is 5.69 Å². The van der Waals surface area contributed by atoms with Crippen LogP contribution >= 0.6 is 0 Å². The van der Waals surface area contributed by atoms with Crippen molar-refractivity contribution in [1.82, 2.24) is 29.9 Å². The number of hydrogen-bond donors (Lipinski definition) is 2. The molecule has 0 saturated heterocycles. The zero-order valence-electron chi connectivity index (χ0n) is 16.4. The quantitative estimate of drug-likeness (QED) is 0.688. The van der Waals surface area contributed by atoms with Crippen LogP contribution in [-0.2, 0) is 13.5 Å². The Labute approximate surface area is 164 Å². The maximum Gasteiger partial charge on any atom is 0.321 e. The highest BCUT2D eigenvalue weighted by Gasteiger charge is 2.36. The van der Waals surface area contributed by atoms with Gasteiger partial charge in [0.1, 0.15) is 18.0 Å². The Balaban J connectivity index is 1.59. The van der Waals surface area contributed by atoms with Gasteiger partial charge < -0.3 is 5.32 Å². The molecule has 1 aliphatic carbocycles. The molecular weight excluding hydrogens is 354 g/mol. The molecule has 2 aromatic heterocycles. The number of carbonyl (C=O) groups excluding carboxylic acids is 1.